The second-order valence-corrected chi connectivity index (χ2v) is 13.9. The number of ether oxygens (including phenoxy) is 1. The molecule has 0 amide bonds. The molecule has 1 aliphatic heterocycles. The zero-order chi connectivity index (χ0) is 28.4. The van der Waals surface area contributed by atoms with E-state index in [1.54, 1.807) is 13.0 Å². The van der Waals surface area contributed by atoms with Crippen molar-refractivity contribution >= 4 is 23.3 Å². The normalized spacial score (nSPS) is 44.9. The van der Waals surface area contributed by atoms with Gasteiger partial charge in [0.25, 0.3) is 0 Å². The van der Waals surface area contributed by atoms with E-state index in [9.17, 15) is 34.5 Å². The topological polar surface area (TPSA) is 141 Å². The maximum absolute atomic E-state index is 14.2. The SMILES string of the molecule is CC(CC(=O)CC(C)(O)C1=C[C@@H](O)[C@]2(C)[C@]1(C)C(=O)C=C1[C@@]3(C)CCC(=O)C(C)(C)[C@@H]3C[C@H]3O[C@@]132)C(=O)O. The van der Waals surface area contributed by atoms with Gasteiger partial charge < -0.3 is 20.1 Å². The van der Waals surface area contributed by atoms with E-state index in [0.717, 1.165) is 5.57 Å². The van der Waals surface area contributed by atoms with Gasteiger partial charge in [-0.05, 0) is 55.2 Å². The molecule has 0 radical (unpaired) electrons. The molecule has 1 saturated heterocycles. The molecular weight excluding hydrogens is 488 g/mol. The summed E-state index contributed by atoms with van der Waals surface area (Å²) in [5.41, 5.74) is -5.09. The number of fused-ring (bicyclic) bond motifs is 3. The zero-order valence-electron chi connectivity index (χ0n) is 23.4. The van der Waals surface area contributed by atoms with Crippen molar-refractivity contribution in [2.75, 3.05) is 0 Å². The summed E-state index contributed by atoms with van der Waals surface area (Å²) < 4.78 is 6.54. The van der Waals surface area contributed by atoms with Crippen LogP contribution in [-0.2, 0) is 23.9 Å². The van der Waals surface area contributed by atoms with Crippen molar-refractivity contribution in [1.82, 2.24) is 0 Å². The van der Waals surface area contributed by atoms with E-state index in [1.807, 2.05) is 20.8 Å². The van der Waals surface area contributed by atoms with Gasteiger partial charge in [0.15, 0.2) is 5.78 Å². The number of carboxylic acid groups (broad SMARTS) is 1. The number of rotatable bonds is 6. The molecule has 5 rings (SSSR count). The van der Waals surface area contributed by atoms with E-state index in [4.69, 9.17) is 4.74 Å². The number of hydrogen-bond acceptors (Lipinski definition) is 7. The maximum Gasteiger partial charge on any atom is 0.306 e. The van der Waals surface area contributed by atoms with E-state index in [0.29, 0.717) is 19.3 Å². The van der Waals surface area contributed by atoms with Crippen molar-refractivity contribution in [2.24, 2.45) is 33.5 Å². The highest BCUT2D eigenvalue weighted by atomic mass is 16.6. The Morgan fingerprint density at radius 1 is 1.18 bits per heavy atom. The summed E-state index contributed by atoms with van der Waals surface area (Å²) in [7, 11) is 0. The van der Waals surface area contributed by atoms with Gasteiger partial charge in [0.05, 0.1) is 29.1 Å². The average Bonchev–Trinajstić information content (AvgIpc) is 3.48. The molecule has 8 heteroatoms. The number of hydrogen-bond donors (Lipinski definition) is 3. The lowest BCUT2D eigenvalue weighted by Gasteiger charge is -2.60. The number of allylic oxidation sites excluding steroid dienone is 1. The van der Waals surface area contributed by atoms with Crippen molar-refractivity contribution in [3.05, 3.63) is 23.3 Å². The third-order valence-electron chi connectivity index (χ3n) is 11.5. The summed E-state index contributed by atoms with van der Waals surface area (Å²) in [5.74, 6) is -2.48. The Bertz CT molecular complexity index is 1220. The fraction of sp³-hybridized carbons (Fsp3) is 0.733. The second-order valence-electron chi connectivity index (χ2n) is 13.9. The summed E-state index contributed by atoms with van der Waals surface area (Å²) in [6.45, 7) is 12.5. The number of carboxylic acids is 1. The van der Waals surface area contributed by atoms with E-state index >= 15 is 0 Å². The molecule has 3 fully saturated rings. The van der Waals surface area contributed by atoms with Crippen molar-refractivity contribution in [2.45, 2.75) is 104 Å². The molecule has 1 heterocycles. The molecule has 0 aromatic heterocycles. The second kappa shape index (κ2) is 7.73. The number of Topliss-reactive ketones (excluding diaryl/α,β-unsaturated/α-hetero) is 2. The van der Waals surface area contributed by atoms with Gasteiger partial charge in [0, 0.05) is 30.1 Å². The first-order valence-electron chi connectivity index (χ1n) is 13.7. The van der Waals surface area contributed by atoms with Crippen LogP contribution in [0.5, 0.6) is 0 Å². The van der Waals surface area contributed by atoms with E-state index < -0.39 is 56.6 Å². The number of aliphatic carboxylic acids is 1. The number of carbonyl (C=O) groups excluding carboxylic acids is 3. The number of epoxide rings is 1. The molecule has 2 saturated carbocycles. The van der Waals surface area contributed by atoms with Crippen LogP contribution >= 0.6 is 0 Å². The highest BCUT2D eigenvalue weighted by Gasteiger charge is 2.85. The lowest BCUT2D eigenvalue weighted by Crippen LogP contribution is -2.66. The Morgan fingerprint density at radius 2 is 1.82 bits per heavy atom. The minimum absolute atomic E-state index is 0.00758. The summed E-state index contributed by atoms with van der Waals surface area (Å²) in [5, 5.41) is 32.5. The van der Waals surface area contributed by atoms with Crippen molar-refractivity contribution in [3.63, 3.8) is 0 Å². The lowest BCUT2D eigenvalue weighted by molar-refractivity contribution is -0.147. The van der Waals surface area contributed by atoms with Crippen LogP contribution < -0.4 is 0 Å². The van der Waals surface area contributed by atoms with Crippen LogP contribution in [0.3, 0.4) is 0 Å². The van der Waals surface area contributed by atoms with Gasteiger partial charge in [-0.15, -0.1) is 0 Å². The number of ketones is 3. The third kappa shape index (κ3) is 3.02. The molecular formula is C30H40O8. The van der Waals surface area contributed by atoms with Crippen LogP contribution in [0.2, 0.25) is 0 Å². The Labute approximate surface area is 223 Å². The molecule has 4 aliphatic carbocycles. The van der Waals surface area contributed by atoms with E-state index in [1.165, 1.54) is 19.9 Å². The fourth-order valence-corrected chi connectivity index (χ4v) is 9.05. The van der Waals surface area contributed by atoms with Crippen LogP contribution in [0.25, 0.3) is 0 Å². The monoisotopic (exact) mass is 528 g/mol. The first kappa shape index (κ1) is 27.4. The van der Waals surface area contributed by atoms with Gasteiger partial charge in [-0.1, -0.05) is 40.7 Å². The zero-order valence-corrected chi connectivity index (χ0v) is 23.4. The minimum atomic E-state index is -1.77. The molecule has 3 N–H and O–H groups in total. The predicted molar refractivity (Wildman–Crippen MR) is 137 cm³/mol. The highest BCUT2D eigenvalue weighted by Crippen LogP contribution is 2.78. The standard InChI is InChI=1S/C30H40O8/c1-15(24(35)36)10-16(31)14-27(5,37)19-12-22(34)29(7)28(19,6)21(33)11-18-26(4)9-8-20(32)25(2,3)17(26)13-23-30(18,29)38-23/h11-12,15,17,22-23,34,37H,8-10,13-14H2,1-7H3,(H,35,36)/t15?,17-,22+,23+,26-,27?,28-,29+,30-/m0/s1. The molecule has 208 valence electrons. The summed E-state index contributed by atoms with van der Waals surface area (Å²) in [6, 6.07) is 0. The minimum Gasteiger partial charge on any atom is -0.481 e. The van der Waals surface area contributed by atoms with Gasteiger partial charge in [-0.2, -0.15) is 0 Å². The predicted octanol–water partition coefficient (Wildman–Crippen LogP) is 3.18. The number of carbonyl (C=O) groups is 4. The van der Waals surface area contributed by atoms with Crippen molar-refractivity contribution in [3.8, 4) is 0 Å². The van der Waals surface area contributed by atoms with Crippen molar-refractivity contribution < 1.29 is 39.2 Å². The van der Waals surface area contributed by atoms with Gasteiger partial charge >= 0.3 is 5.97 Å². The van der Waals surface area contributed by atoms with Gasteiger partial charge in [0.2, 0.25) is 0 Å². The molecule has 1 spiro atoms. The van der Waals surface area contributed by atoms with Crippen LogP contribution in [0, 0.1) is 33.5 Å². The Morgan fingerprint density at radius 3 is 2.42 bits per heavy atom. The van der Waals surface area contributed by atoms with Crippen molar-refractivity contribution in [1.29, 1.82) is 0 Å². The van der Waals surface area contributed by atoms with Crippen LogP contribution in [0.4, 0.5) is 0 Å². The molecule has 9 atom stereocenters. The molecule has 5 aliphatic rings. The molecule has 0 aromatic carbocycles. The fourth-order valence-electron chi connectivity index (χ4n) is 9.05. The number of aliphatic hydroxyl groups excluding tert-OH is 1. The van der Waals surface area contributed by atoms with Crippen LogP contribution in [0.1, 0.15) is 80.6 Å². The first-order valence-corrected chi connectivity index (χ1v) is 13.7. The van der Waals surface area contributed by atoms with Crippen LogP contribution in [0.15, 0.2) is 23.3 Å². The smallest absolute Gasteiger partial charge is 0.306 e. The lowest BCUT2D eigenvalue weighted by atomic mass is 9.40. The van der Waals surface area contributed by atoms with Gasteiger partial charge in [-0.25, -0.2) is 0 Å². The molecule has 0 aromatic rings. The molecule has 8 nitrogen and oxygen atoms in total. The highest BCUT2D eigenvalue weighted by molar-refractivity contribution is 6.02. The first-order chi connectivity index (χ1) is 17.3. The summed E-state index contributed by atoms with van der Waals surface area (Å²) >= 11 is 0. The summed E-state index contributed by atoms with van der Waals surface area (Å²) in [4.78, 5) is 51.1. The quantitative estimate of drug-likeness (QED) is 0.353. The van der Waals surface area contributed by atoms with Gasteiger partial charge in [-0.3, -0.25) is 19.2 Å². The Balaban J connectivity index is 1.57. The molecule has 2 unspecified atom stereocenters. The third-order valence-corrected chi connectivity index (χ3v) is 11.5. The number of aliphatic hydroxyl groups is 2. The maximum atomic E-state index is 14.2. The molecule has 38 heavy (non-hydrogen) atoms. The summed E-state index contributed by atoms with van der Waals surface area (Å²) in [6.07, 6.45) is 2.80. The van der Waals surface area contributed by atoms with E-state index in [2.05, 4.69) is 6.92 Å². The molecule has 0 bridgehead atoms. The largest absolute Gasteiger partial charge is 0.481 e. The van der Waals surface area contributed by atoms with E-state index in [-0.39, 0.29) is 42.0 Å². The Kier molecular flexibility index (Phi) is 5.58. The Hall–Kier alpha value is -2.16. The van der Waals surface area contributed by atoms with Crippen LogP contribution in [-0.4, -0.2) is 62.0 Å². The average molecular weight is 529 g/mol. The van der Waals surface area contributed by atoms with Gasteiger partial charge in [0.1, 0.15) is 17.2 Å².